The van der Waals surface area contributed by atoms with Gasteiger partial charge in [-0.05, 0) is 61.9 Å². The highest BCUT2D eigenvalue weighted by atomic mass is 35.5. The van der Waals surface area contributed by atoms with Gasteiger partial charge < -0.3 is 15.2 Å². The van der Waals surface area contributed by atoms with E-state index in [1.165, 1.54) is 0 Å². The van der Waals surface area contributed by atoms with Crippen LogP contribution in [0.4, 0.5) is 0 Å². The van der Waals surface area contributed by atoms with E-state index in [0.717, 1.165) is 5.69 Å². The third-order valence-corrected chi connectivity index (χ3v) is 4.49. The molecule has 3 aromatic rings. The fourth-order valence-electron chi connectivity index (χ4n) is 2.63. The van der Waals surface area contributed by atoms with Gasteiger partial charge in [-0.25, -0.2) is 4.68 Å². The average molecular weight is 400 g/mol. The standard InChI is InChI=1S/C21H22ClN3O3/c1-21(2,28-18-10-6-16(22)7-11-18)20(27)23-14-19(26)15-4-8-17(9-5-15)25-13-3-12-24-25/h3-13,19,26H,14H2,1-2H3,(H,23,27). The van der Waals surface area contributed by atoms with Crippen LogP contribution >= 0.6 is 11.6 Å². The van der Waals surface area contributed by atoms with Gasteiger partial charge >= 0.3 is 0 Å². The molecule has 1 unspecified atom stereocenters. The van der Waals surface area contributed by atoms with Gasteiger partial charge in [-0.15, -0.1) is 0 Å². The van der Waals surface area contributed by atoms with Crippen LogP contribution in [0, 0.1) is 0 Å². The highest BCUT2D eigenvalue weighted by Gasteiger charge is 2.30. The number of nitrogens with one attached hydrogen (secondary N) is 1. The van der Waals surface area contributed by atoms with Crippen molar-refractivity contribution in [2.75, 3.05) is 6.54 Å². The maximum atomic E-state index is 12.5. The summed E-state index contributed by atoms with van der Waals surface area (Å²) in [5.74, 6) is 0.217. The van der Waals surface area contributed by atoms with Crippen molar-refractivity contribution in [2.45, 2.75) is 25.6 Å². The summed E-state index contributed by atoms with van der Waals surface area (Å²) in [6.45, 7) is 3.41. The SMILES string of the molecule is CC(C)(Oc1ccc(Cl)cc1)C(=O)NCC(O)c1ccc(-n2cccn2)cc1. The minimum Gasteiger partial charge on any atom is -0.478 e. The molecular weight excluding hydrogens is 378 g/mol. The molecule has 1 amide bonds. The van der Waals surface area contributed by atoms with E-state index < -0.39 is 11.7 Å². The van der Waals surface area contributed by atoms with Crippen LogP contribution in [0.15, 0.2) is 67.0 Å². The number of halogens is 1. The molecule has 0 aliphatic carbocycles. The number of aromatic nitrogens is 2. The highest BCUT2D eigenvalue weighted by molar-refractivity contribution is 6.30. The summed E-state index contributed by atoms with van der Waals surface area (Å²) < 4.78 is 7.48. The summed E-state index contributed by atoms with van der Waals surface area (Å²) in [7, 11) is 0. The maximum Gasteiger partial charge on any atom is 0.263 e. The second-order valence-electron chi connectivity index (χ2n) is 6.83. The number of ether oxygens (including phenoxy) is 1. The van der Waals surface area contributed by atoms with Crippen molar-refractivity contribution in [3.8, 4) is 11.4 Å². The number of nitrogens with zero attached hydrogens (tertiary/aromatic N) is 2. The molecule has 2 N–H and O–H groups in total. The molecule has 146 valence electrons. The Labute approximate surface area is 168 Å². The molecule has 3 rings (SSSR count). The van der Waals surface area contributed by atoms with Crippen molar-refractivity contribution >= 4 is 17.5 Å². The van der Waals surface area contributed by atoms with Crippen LogP contribution in [0.3, 0.4) is 0 Å². The predicted molar refractivity (Wildman–Crippen MR) is 108 cm³/mol. The number of benzene rings is 2. The van der Waals surface area contributed by atoms with E-state index in [2.05, 4.69) is 10.4 Å². The van der Waals surface area contributed by atoms with Crippen molar-refractivity contribution in [2.24, 2.45) is 0 Å². The molecule has 1 atom stereocenters. The fraction of sp³-hybridized carbons (Fsp3) is 0.238. The van der Waals surface area contributed by atoms with Crippen molar-refractivity contribution in [1.29, 1.82) is 0 Å². The molecular formula is C21H22ClN3O3. The average Bonchev–Trinajstić information content (AvgIpc) is 3.22. The van der Waals surface area contributed by atoms with Crippen LogP contribution in [0.2, 0.25) is 5.02 Å². The third-order valence-electron chi connectivity index (χ3n) is 4.24. The Hall–Kier alpha value is -2.83. The first kappa shape index (κ1) is 19.9. The van der Waals surface area contributed by atoms with Crippen molar-refractivity contribution in [3.63, 3.8) is 0 Å². The van der Waals surface area contributed by atoms with Gasteiger partial charge in [-0.1, -0.05) is 23.7 Å². The number of aliphatic hydroxyl groups excluding tert-OH is 1. The zero-order chi connectivity index (χ0) is 20.1. The van der Waals surface area contributed by atoms with E-state index in [1.807, 2.05) is 36.5 Å². The number of amides is 1. The molecule has 0 aliphatic heterocycles. The van der Waals surface area contributed by atoms with E-state index in [0.29, 0.717) is 16.3 Å². The molecule has 1 heterocycles. The topological polar surface area (TPSA) is 76.4 Å². The quantitative estimate of drug-likeness (QED) is 0.637. The van der Waals surface area contributed by atoms with Gasteiger partial charge in [0.05, 0.1) is 11.8 Å². The lowest BCUT2D eigenvalue weighted by Crippen LogP contribution is -2.47. The van der Waals surface area contributed by atoms with E-state index in [9.17, 15) is 9.90 Å². The smallest absolute Gasteiger partial charge is 0.263 e. The van der Waals surface area contributed by atoms with E-state index in [-0.39, 0.29) is 12.5 Å². The number of carbonyl (C=O) groups excluding carboxylic acids is 1. The van der Waals surface area contributed by atoms with Crippen LogP contribution in [0.25, 0.3) is 5.69 Å². The number of aliphatic hydroxyl groups is 1. The van der Waals surface area contributed by atoms with Crippen LogP contribution in [-0.4, -0.2) is 32.9 Å². The summed E-state index contributed by atoms with van der Waals surface area (Å²) in [6.07, 6.45) is 2.71. The number of hydrogen-bond donors (Lipinski definition) is 2. The molecule has 0 radical (unpaired) electrons. The van der Waals surface area contributed by atoms with Crippen LogP contribution in [0.5, 0.6) is 5.75 Å². The van der Waals surface area contributed by atoms with E-state index in [1.54, 1.807) is 49.0 Å². The summed E-state index contributed by atoms with van der Waals surface area (Å²) in [4.78, 5) is 12.5. The number of rotatable bonds is 7. The summed E-state index contributed by atoms with van der Waals surface area (Å²) in [5, 5.41) is 17.9. The van der Waals surface area contributed by atoms with Crippen LogP contribution < -0.4 is 10.1 Å². The first-order chi connectivity index (χ1) is 13.3. The predicted octanol–water partition coefficient (Wildman–Crippen LogP) is 3.53. The molecule has 0 spiro atoms. The van der Waals surface area contributed by atoms with Gasteiger partial charge in [-0.2, -0.15) is 5.10 Å². The Morgan fingerprint density at radius 1 is 1.21 bits per heavy atom. The monoisotopic (exact) mass is 399 g/mol. The van der Waals surface area contributed by atoms with Crippen molar-refractivity contribution < 1.29 is 14.6 Å². The minimum absolute atomic E-state index is 0.0767. The first-order valence-corrected chi connectivity index (χ1v) is 9.24. The van der Waals surface area contributed by atoms with Crippen LogP contribution in [0.1, 0.15) is 25.5 Å². The zero-order valence-corrected chi connectivity index (χ0v) is 16.4. The Kier molecular flexibility index (Phi) is 6.02. The molecule has 0 saturated heterocycles. The highest BCUT2D eigenvalue weighted by Crippen LogP contribution is 2.21. The van der Waals surface area contributed by atoms with Gasteiger partial charge in [0.1, 0.15) is 5.75 Å². The molecule has 2 aromatic carbocycles. The molecule has 1 aromatic heterocycles. The second-order valence-corrected chi connectivity index (χ2v) is 7.27. The molecule has 0 fully saturated rings. The number of carbonyl (C=O) groups is 1. The molecule has 0 bridgehead atoms. The summed E-state index contributed by atoms with van der Waals surface area (Å²) in [6, 6.07) is 16.0. The first-order valence-electron chi connectivity index (χ1n) is 8.86. The Balaban J connectivity index is 1.56. The number of hydrogen-bond acceptors (Lipinski definition) is 4. The maximum absolute atomic E-state index is 12.5. The lowest BCUT2D eigenvalue weighted by molar-refractivity contribution is -0.134. The summed E-state index contributed by atoms with van der Waals surface area (Å²) in [5.41, 5.74) is 0.493. The normalized spacial score (nSPS) is 12.4. The Bertz CT molecular complexity index is 907. The minimum atomic E-state index is -1.10. The molecule has 0 aliphatic rings. The van der Waals surface area contributed by atoms with Gasteiger partial charge in [-0.3, -0.25) is 4.79 Å². The fourth-order valence-corrected chi connectivity index (χ4v) is 2.76. The lowest BCUT2D eigenvalue weighted by Gasteiger charge is -2.26. The third kappa shape index (κ3) is 4.91. The Morgan fingerprint density at radius 3 is 2.50 bits per heavy atom. The van der Waals surface area contributed by atoms with Gasteiger partial charge in [0.25, 0.3) is 5.91 Å². The van der Waals surface area contributed by atoms with Crippen molar-refractivity contribution in [1.82, 2.24) is 15.1 Å². The van der Waals surface area contributed by atoms with Gasteiger partial charge in [0, 0.05) is 24.0 Å². The largest absolute Gasteiger partial charge is 0.478 e. The lowest BCUT2D eigenvalue weighted by atomic mass is 10.1. The zero-order valence-electron chi connectivity index (χ0n) is 15.7. The van der Waals surface area contributed by atoms with Gasteiger partial charge in [0.2, 0.25) is 0 Å². The molecule has 7 heteroatoms. The van der Waals surface area contributed by atoms with Crippen molar-refractivity contribution in [3.05, 3.63) is 77.6 Å². The molecule has 28 heavy (non-hydrogen) atoms. The van der Waals surface area contributed by atoms with Gasteiger partial charge in [0.15, 0.2) is 5.60 Å². The van der Waals surface area contributed by atoms with Crippen LogP contribution in [-0.2, 0) is 4.79 Å². The molecule has 6 nitrogen and oxygen atoms in total. The molecule has 0 saturated carbocycles. The van der Waals surface area contributed by atoms with E-state index >= 15 is 0 Å². The second kappa shape index (κ2) is 8.46. The van der Waals surface area contributed by atoms with E-state index in [4.69, 9.17) is 16.3 Å². The summed E-state index contributed by atoms with van der Waals surface area (Å²) >= 11 is 5.86. The Morgan fingerprint density at radius 2 is 1.89 bits per heavy atom.